The van der Waals surface area contributed by atoms with Crippen molar-refractivity contribution in [2.75, 3.05) is 14.1 Å². The van der Waals surface area contributed by atoms with Crippen LogP contribution in [0.15, 0.2) is 0 Å². The molecule has 8 heteroatoms. The molecule has 0 aliphatic rings. The lowest BCUT2D eigenvalue weighted by atomic mass is 10.0. The van der Waals surface area contributed by atoms with Crippen molar-refractivity contribution in [3.05, 3.63) is 0 Å². The summed E-state index contributed by atoms with van der Waals surface area (Å²) in [6.45, 7) is 1.84. The standard InChI is InChI=1S/C23H43NO7/c1-4-17-22(27)30-31-23(28)20(29-24(2)3)18-15-13-11-9-7-5-6-8-10-12-14-16-19-21(25)26/h20H,4-19H2,1-3H3,(H,25,26). The van der Waals surface area contributed by atoms with Crippen LogP contribution in [0.5, 0.6) is 0 Å². The SMILES string of the molecule is CCCC(=O)OOC(=O)C(CCCCCCCCCCCCCCC(=O)O)ON(C)C. The number of hydrogen-bond donors (Lipinski definition) is 1. The molecule has 0 radical (unpaired) electrons. The molecule has 0 heterocycles. The number of hydrogen-bond acceptors (Lipinski definition) is 7. The maximum Gasteiger partial charge on any atom is 0.386 e. The van der Waals surface area contributed by atoms with Gasteiger partial charge in [-0.3, -0.25) is 9.63 Å². The largest absolute Gasteiger partial charge is 0.481 e. The van der Waals surface area contributed by atoms with Gasteiger partial charge in [0.05, 0.1) is 0 Å². The first-order valence-corrected chi connectivity index (χ1v) is 11.8. The third-order valence-electron chi connectivity index (χ3n) is 4.88. The van der Waals surface area contributed by atoms with E-state index in [4.69, 9.17) is 9.94 Å². The molecule has 0 amide bonds. The van der Waals surface area contributed by atoms with E-state index in [9.17, 15) is 14.4 Å². The van der Waals surface area contributed by atoms with Gasteiger partial charge in [0.2, 0.25) is 0 Å². The molecule has 0 spiro atoms. The number of carboxylic acids is 1. The zero-order valence-corrected chi connectivity index (χ0v) is 19.7. The Morgan fingerprint density at radius 2 is 1.23 bits per heavy atom. The highest BCUT2D eigenvalue weighted by Gasteiger charge is 2.24. The molecule has 0 saturated heterocycles. The predicted octanol–water partition coefficient (Wildman–Crippen LogP) is 5.20. The van der Waals surface area contributed by atoms with Gasteiger partial charge in [0.15, 0.2) is 6.10 Å². The number of rotatable bonds is 20. The molecule has 0 saturated carbocycles. The van der Waals surface area contributed by atoms with E-state index in [2.05, 4.69) is 9.78 Å². The number of unbranched alkanes of at least 4 members (excludes halogenated alkanes) is 11. The van der Waals surface area contributed by atoms with Gasteiger partial charge in [0.25, 0.3) is 0 Å². The van der Waals surface area contributed by atoms with Crippen molar-refractivity contribution in [2.45, 2.75) is 116 Å². The van der Waals surface area contributed by atoms with Crippen LogP contribution in [-0.2, 0) is 29.0 Å². The summed E-state index contributed by atoms with van der Waals surface area (Å²) in [7, 11) is 3.39. The summed E-state index contributed by atoms with van der Waals surface area (Å²) >= 11 is 0. The Morgan fingerprint density at radius 3 is 1.68 bits per heavy atom. The van der Waals surface area contributed by atoms with Crippen molar-refractivity contribution >= 4 is 17.9 Å². The van der Waals surface area contributed by atoms with Crippen LogP contribution >= 0.6 is 0 Å². The minimum atomic E-state index is -0.778. The number of hydroxylamine groups is 2. The molecule has 8 nitrogen and oxygen atoms in total. The second-order valence-corrected chi connectivity index (χ2v) is 8.19. The summed E-state index contributed by atoms with van der Waals surface area (Å²) < 4.78 is 0. The van der Waals surface area contributed by atoms with Crippen molar-refractivity contribution in [1.82, 2.24) is 5.06 Å². The molecule has 0 bridgehead atoms. The lowest BCUT2D eigenvalue weighted by Gasteiger charge is -2.19. The van der Waals surface area contributed by atoms with Gasteiger partial charge in [-0.05, 0) is 19.3 Å². The number of nitrogens with zero attached hydrogens (tertiary/aromatic N) is 1. The van der Waals surface area contributed by atoms with Gasteiger partial charge < -0.3 is 5.11 Å². The Morgan fingerprint density at radius 1 is 0.742 bits per heavy atom. The molecule has 0 rings (SSSR count). The Hall–Kier alpha value is -1.67. The highest BCUT2D eigenvalue weighted by molar-refractivity contribution is 5.76. The predicted molar refractivity (Wildman–Crippen MR) is 118 cm³/mol. The van der Waals surface area contributed by atoms with Crippen LogP contribution in [0.3, 0.4) is 0 Å². The first-order valence-electron chi connectivity index (χ1n) is 11.8. The number of carboxylic acid groups (broad SMARTS) is 1. The zero-order chi connectivity index (χ0) is 23.3. The monoisotopic (exact) mass is 445 g/mol. The fraction of sp³-hybridized carbons (Fsp3) is 0.870. The molecule has 0 aliphatic heterocycles. The Balaban J connectivity index is 3.71. The molecule has 182 valence electrons. The Bertz CT molecular complexity index is 483. The van der Waals surface area contributed by atoms with Crippen LogP contribution in [-0.4, -0.2) is 48.3 Å². The van der Waals surface area contributed by atoms with E-state index in [1.165, 1.54) is 43.6 Å². The number of carbonyl (C=O) groups is 3. The van der Waals surface area contributed by atoms with E-state index >= 15 is 0 Å². The summed E-state index contributed by atoms with van der Waals surface area (Å²) in [5.74, 6) is -1.94. The molecule has 0 aromatic heterocycles. The number of carbonyl (C=O) groups excluding carboxylic acids is 2. The van der Waals surface area contributed by atoms with Crippen molar-refractivity contribution < 1.29 is 34.1 Å². The van der Waals surface area contributed by atoms with Gasteiger partial charge in [-0.15, -0.1) is 0 Å². The second-order valence-electron chi connectivity index (χ2n) is 8.19. The lowest BCUT2D eigenvalue weighted by molar-refractivity contribution is -0.275. The van der Waals surface area contributed by atoms with Gasteiger partial charge >= 0.3 is 17.9 Å². The van der Waals surface area contributed by atoms with Crippen LogP contribution in [0, 0.1) is 0 Å². The van der Waals surface area contributed by atoms with Gasteiger partial charge in [0.1, 0.15) is 0 Å². The molecule has 1 unspecified atom stereocenters. The molecular weight excluding hydrogens is 402 g/mol. The summed E-state index contributed by atoms with van der Waals surface area (Å²) in [6.07, 6.45) is 14.0. The molecule has 1 N–H and O–H groups in total. The van der Waals surface area contributed by atoms with E-state index in [0.717, 1.165) is 38.5 Å². The summed E-state index contributed by atoms with van der Waals surface area (Å²) in [5.41, 5.74) is 0. The third kappa shape index (κ3) is 20.0. The first-order chi connectivity index (χ1) is 14.9. The van der Waals surface area contributed by atoms with Crippen LogP contribution in [0.25, 0.3) is 0 Å². The van der Waals surface area contributed by atoms with E-state index in [-0.39, 0.29) is 12.8 Å². The molecule has 0 fully saturated rings. The van der Waals surface area contributed by atoms with Gasteiger partial charge in [-0.25, -0.2) is 19.4 Å². The minimum Gasteiger partial charge on any atom is -0.481 e. The van der Waals surface area contributed by atoms with E-state index in [0.29, 0.717) is 12.8 Å². The average molecular weight is 446 g/mol. The summed E-state index contributed by atoms with van der Waals surface area (Å²) in [5, 5.41) is 10.0. The highest BCUT2D eigenvalue weighted by Crippen LogP contribution is 2.15. The highest BCUT2D eigenvalue weighted by atomic mass is 17.2. The smallest absolute Gasteiger partial charge is 0.386 e. The first kappa shape index (κ1) is 29.3. The molecule has 31 heavy (non-hydrogen) atoms. The van der Waals surface area contributed by atoms with Crippen molar-refractivity contribution in [3.63, 3.8) is 0 Å². The van der Waals surface area contributed by atoms with Gasteiger partial charge in [-0.1, -0.05) is 77.6 Å². The van der Waals surface area contributed by atoms with Crippen molar-refractivity contribution in [3.8, 4) is 0 Å². The van der Waals surface area contributed by atoms with Gasteiger partial charge in [-0.2, -0.15) is 5.06 Å². The van der Waals surface area contributed by atoms with Gasteiger partial charge in [0, 0.05) is 26.9 Å². The fourth-order valence-electron chi connectivity index (χ4n) is 3.23. The van der Waals surface area contributed by atoms with Crippen LogP contribution in [0.4, 0.5) is 0 Å². The lowest BCUT2D eigenvalue weighted by Crippen LogP contribution is -2.32. The molecular formula is C23H43NO7. The normalized spacial score (nSPS) is 12.0. The maximum absolute atomic E-state index is 12.1. The van der Waals surface area contributed by atoms with Crippen LogP contribution in [0.2, 0.25) is 0 Å². The Kier molecular flexibility index (Phi) is 19.2. The minimum absolute atomic E-state index is 0.208. The molecule has 0 aromatic rings. The van der Waals surface area contributed by atoms with E-state index in [1.807, 2.05) is 6.92 Å². The second kappa shape index (κ2) is 20.2. The number of aliphatic carboxylic acids is 1. The molecule has 0 aromatic carbocycles. The molecule has 0 aliphatic carbocycles. The quantitative estimate of drug-likeness (QED) is 0.155. The summed E-state index contributed by atoms with van der Waals surface area (Å²) in [4.78, 5) is 48.5. The Labute approximate surface area is 187 Å². The zero-order valence-electron chi connectivity index (χ0n) is 19.7. The van der Waals surface area contributed by atoms with Crippen LogP contribution < -0.4 is 0 Å². The molecule has 1 atom stereocenters. The average Bonchev–Trinajstić information content (AvgIpc) is 2.71. The maximum atomic E-state index is 12.1. The third-order valence-corrected chi connectivity index (χ3v) is 4.88. The van der Waals surface area contributed by atoms with Crippen molar-refractivity contribution in [2.24, 2.45) is 0 Å². The van der Waals surface area contributed by atoms with E-state index < -0.39 is 24.0 Å². The van der Waals surface area contributed by atoms with Crippen LogP contribution in [0.1, 0.15) is 110 Å². The van der Waals surface area contributed by atoms with E-state index in [1.54, 1.807) is 14.1 Å². The van der Waals surface area contributed by atoms with Crippen molar-refractivity contribution in [1.29, 1.82) is 0 Å². The topological polar surface area (TPSA) is 102 Å². The summed E-state index contributed by atoms with van der Waals surface area (Å²) in [6, 6.07) is 0. The fourth-order valence-corrected chi connectivity index (χ4v) is 3.23.